The van der Waals surface area contributed by atoms with E-state index in [1.807, 2.05) is 0 Å². The van der Waals surface area contributed by atoms with Crippen LogP contribution in [0.2, 0.25) is 0 Å². The summed E-state index contributed by atoms with van der Waals surface area (Å²) in [7, 11) is 1.36. The molecule has 0 atom stereocenters. The van der Waals surface area contributed by atoms with Crippen LogP contribution in [0.15, 0.2) is 43.0 Å². The molecule has 7 heteroatoms. The number of allylic oxidation sites excluding steroid dienone is 1. The van der Waals surface area contributed by atoms with Gasteiger partial charge in [-0.1, -0.05) is 6.07 Å². The summed E-state index contributed by atoms with van der Waals surface area (Å²) in [5.74, 6) is -0.117. The third-order valence-corrected chi connectivity index (χ3v) is 2.58. The highest BCUT2D eigenvalue weighted by molar-refractivity contribution is 5.93. The van der Waals surface area contributed by atoms with E-state index in [0.717, 1.165) is 0 Å². The van der Waals surface area contributed by atoms with Crippen LogP contribution in [0, 0.1) is 10.1 Å². The lowest BCUT2D eigenvalue weighted by molar-refractivity contribution is -0.385. The zero-order valence-electron chi connectivity index (χ0n) is 10.6. The zero-order valence-corrected chi connectivity index (χ0v) is 10.6. The molecule has 20 heavy (non-hydrogen) atoms. The summed E-state index contributed by atoms with van der Waals surface area (Å²) in [6, 6.07) is 4.46. The Hall–Kier alpha value is -2.96. The molecule has 2 aromatic rings. The zero-order chi connectivity index (χ0) is 14.5. The number of hydrogen-bond donors (Lipinski definition) is 0. The lowest BCUT2D eigenvalue weighted by Crippen LogP contribution is -2.03. The quantitative estimate of drug-likeness (QED) is 0.484. The molecular formula is C13H11N3O4. The van der Waals surface area contributed by atoms with Gasteiger partial charge in [-0.15, -0.1) is 0 Å². The maximum absolute atomic E-state index is 11.7. The minimum Gasteiger partial charge on any atom is -0.490 e. The first-order valence-electron chi connectivity index (χ1n) is 5.64. The first kappa shape index (κ1) is 13.5. The number of nitrogens with zero attached hydrogens (tertiary/aromatic N) is 3. The van der Waals surface area contributed by atoms with Gasteiger partial charge in [-0.25, -0.2) is 4.98 Å². The number of benzene rings is 1. The Balaban J connectivity index is 2.24. The van der Waals surface area contributed by atoms with Crippen LogP contribution in [-0.4, -0.2) is 27.5 Å². The lowest BCUT2D eigenvalue weighted by Gasteiger charge is -2.02. The molecule has 0 aliphatic carbocycles. The number of nitro benzene ring substituents is 1. The Morgan fingerprint density at radius 2 is 2.30 bits per heavy atom. The van der Waals surface area contributed by atoms with E-state index in [2.05, 4.69) is 4.98 Å². The molecule has 0 radical (unpaired) electrons. The molecule has 0 saturated heterocycles. The second-order valence-electron chi connectivity index (χ2n) is 3.83. The summed E-state index contributed by atoms with van der Waals surface area (Å²) in [5, 5.41) is 10.9. The van der Waals surface area contributed by atoms with Crippen LogP contribution in [0.4, 0.5) is 5.69 Å². The second-order valence-corrected chi connectivity index (χ2v) is 3.83. The molecule has 0 amide bonds. The molecule has 1 aromatic heterocycles. The molecule has 0 saturated carbocycles. The van der Waals surface area contributed by atoms with Crippen LogP contribution in [0.1, 0.15) is 10.4 Å². The van der Waals surface area contributed by atoms with E-state index in [0.29, 0.717) is 5.56 Å². The number of aromatic nitrogens is 2. The van der Waals surface area contributed by atoms with Crippen LogP contribution in [0.5, 0.6) is 5.75 Å². The van der Waals surface area contributed by atoms with Gasteiger partial charge in [-0.05, 0) is 17.7 Å². The predicted octanol–water partition coefficient (Wildman–Crippen LogP) is 2.15. The summed E-state index contributed by atoms with van der Waals surface area (Å²) in [5.41, 5.74) is 0.385. The topological polar surface area (TPSA) is 87.3 Å². The van der Waals surface area contributed by atoms with Crippen LogP contribution in [0.3, 0.4) is 0 Å². The van der Waals surface area contributed by atoms with Gasteiger partial charge in [0, 0.05) is 24.5 Å². The van der Waals surface area contributed by atoms with Crippen molar-refractivity contribution in [3.63, 3.8) is 0 Å². The normalized spacial score (nSPS) is 10.7. The van der Waals surface area contributed by atoms with E-state index in [1.165, 1.54) is 54.7 Å². The fourth-order valence-electron chi connectivity index (χ4n) is 1.60. The highest BCUT2D eigenvalue weighted by atomic mass is 16.6. The van der Waals surface area contributed by atoms with Gasteiger partial charge in [0.05, 0.1) is 12.0 Å². The van der Waals surface area contributed by atoms with Crippen LogP contribution in [0.25, 0.3) is 6.08 Å². The smallest absolute Gasteiger partial charge is 0.311 e. The average molecular weight is 273 g/mol. The van der Waals surface area contributed by atoms with Crippen molar-refractivity contribution in [1.29, 1.82) is 0 Å². The van der Waals surface area contributed by atoms with Gasteiger partial charge in [0.15, 0.2) is 5.75 Å². The molecule has 2 rings (SSSR count). The number of nitro groups is 1. The summed E-state index contributed by atoms with van der Waals surface area (Å²) in [6.07, 6.45) is 7.19. The molecule has 0 aliphatic heterocycles. The molecule has 1 heterocycles. The van der Waals surface area contributed by atoms with Gasteiger partial charge in [0.2, 0.25) is 0 Å². The Bertz CT molecular complexity index is 662. The van der Waals surface area contributed by atoms with Crippen LogP contribution >= 0.6 is 0 Å². The largest absolute Gasteiger partial charge is 0.490 e. The Kier molecular flexibility index (Phi) is 3.90. The molecular weight excluding hydrogens is 262 g/mol. The van der Waals surface area contributed by atoms with Crippen molar-refractivity contribution in [1.82, 2.24) is 9.55 Å². The van der Waals surface area contributed by atoms with Gasteiger partial charge >= 0.3 is 5.69 Å². The van der Waals surface area contributed by atoms with Gasteiger partial charge in [0.25, 0.3) is 5.91 Å². The Morgan fingerprint density at radius 3 is 2.90 bits per heavy atom. The number of carbonyl (C=O) groups is 1. The SMILES string of the molecule is COc1ccc(/C=C/C(=O)n2ccnc2)cc1[N+](=O)[O-]. The van der Waals surface area contributed by atoms with Crippen molar-refractivity contribution in [2.75, 3.05) is 7.11 Å². The van der Waals surface area contributed by atoms with E-state index in [1.54, 1.807) is 6.07 Å². The van der Waals surface area contributed by atoms with Crippen molar-refractivity contribution in [2.24, 2.45) is 0 Å². The van der Waals surface area contributed by atoms with Crippen molar-refractivity contribution in [3.8, 4) is 5.75 Å². The van der Waals surface area contributed by atoms with E-state index in [4.69, 9.17) is 4.74 Å². The first-order valence-corrected chi connectivity index (χ1v) is 5.64. The molecule has 102 valence electrons. The number of ether oxygens (including phenoxy) is 1. The molecule has 0 unspecified atom stereocenters. The van der Waals surface area contributed by atoms with Gasteiger partial charge in [-0.3, -0.25) is 19.5 Å². The number of methoxy groups -OCH3 is 1. The van der Waals surface area contributed by atoms with Crippen molar-refractivity contribution in [2.45, 2.75) is 0 Å². The Labute approximate surface area is 114 Å². The molecule has 0 fully saturated rings. The van der Waals surface area contributed by atoms with Gasteiger partial charge < -0.3 is 4.74 Å². The van der Waals surface area contributed by atoms with Gasteiger partial charge in [0.1, 0.15) is 6.33 Å². The predicted molar refractivity (Wildman–Crippen MR) is 71.5 cm³/mol. The van der Waals surface area contributed by atoms with E-state index < -0.39 is 4.92 Å². The highest BCUT2D eigenvalue weighted by Gasteiger charge is 2.14. The number of carbonyl (C=O) groups excluding carboxylic acids is 1. The maximum atomic E-state index is 11.7. The lowest BCUT2D eigenvalue weighted by atomic mass is 10.1. The second kappa shape index (κ2) is 5.79. The fourth-order valence-corrected chi connectivity index (χ4v) is 1.60. The third kappa shape index (κ3) is 2.89. The van der Waals surface area contributed by atoms with Crippen molar-refractivity contribution in [3.05, 3.63) is 58.7 Å². The number of imidazole rings is 1. The fraction of sp³-hybridized carbons (Fsp3) is 0.0769. The first-order chi connectivity index (χ1) is 9.61. The van der Waals surface area contributed by atoms with E-state index >= 15 is 0 Å². The molecule has 0 aliphatic rings. The summed E-state index contributed by atoms with van der Waals surface area (Å²) >= 11 is 0. The summed E-state index contributed by atoms with van der Waals surface area (Å²) in [6.45, 7) is 0. The number of rotatable bonds is 4. The van der Waals surface area contributed by atoms with Crippen LogP contribution in [-0.2, 0) is 0 Å². The monoisotopic (exact) mass is 273 g/mol. The molecule has 0 bridgehead atoms. The average Bonchev–Trinajstić information content (AvgIpc) is 2.98. The van der Waals surface area contributed by atoms with Crippen LogP contribution < -0.4 is 4.74 Å². The highest BCUT2D eigenvalue weighted by Crippen LogP contribution is 2.27. The molecule has 7 nitrogen and oxygen atoms in total. The van der Waals surface area contributed by atoms with Gasteiger partial charge in [-0.2, -0.15) is 0 Å². The summed E-state index contributed by atoms with van der Waals surface area (Å²) < 4.78 is 6.20. The van der Waals surface area contributed by atoms with E-state index in [-0.39, 0.29) is 17.3 Å². The summed E-state index contributed by atoms with van der Waals surface area (Å²) in [4.78, 5) is 25.8. The Morgan fingerprint density at radius 1 is 1.50 bits per heavy atom. The maximum Gasteiger partial charge on any atom is 0.311 e. The van der Waals surface area contributed by atoms with Crippen molar-refractivity contribution >= 4 is 17.7 Å². The van der Waals surface area contributed by atoms with Crippen molar-refractivity contribution < 1.29 is 14.5 Å². The standard InChI is InChI=1S/C13H11N3O4/c1-20-12-4-2-10(8-11(12)16(18)19)3-5-13(17)15-7-6-14-9-15/h2-9H,1H3/b5-3+. The molecule has 0 N–H and O–H groups in total. The van der Waals surface area contributed by atoms with E-state index in [9.17, 15) is 14.9 Å². The number of hydrogen-bond acceptors (Lipinski definition) is 5. The molecule has 1 aromatic carbocycles. The minimum atomic E-state index is -0.534. The molecule has 0 spiro atoms. The third-order valence-electron chi connectivity index (χ3n) is 2.58. The minimum absolute atomic E-state index is 0.148.